The quantitative estimate of drug-likeness (QED) is 0.789. The standard InChI is InChI=1S/C15H20N4O4S2/c1-9-13(24-10(2)16-9)25(21,22)19-7-11-6-18(8-12(11)17-19)14(20)23-15(3,4)5/h7H,6,8H2,1-5H3. The summed E-state index contributed by atoms with van der Waals surface area (Å²) in [6.07, 6.45) is 1.03. The molecule has 3 rings (SSSR count). The van der Waals surface area contributed by atoms with E-state index >= 15 is 0 Å². The molecule has 8 nitrogen and oxygen atoms in total. The van der Waals surface area contributed by atoms with Gasteiger partial charge in [-0.2, -0.15) is 17.6 Å². The number of amides is 1. The lowest BCUT2D eigenvalue weighted by Crippen LogP contribution is -2.33. The summed E-state index contributed by atoms with van der Waals surface area (Å²) in [6.45, 7) is 9.33. The zero-order chi connectivity index (χ0) is 18.6. The summed E-state index contributed by atoms with van der Waals surface area (Å²) in [5.74, 6) is 0. The fraction of sp³-hybridized carbons (Fsp3) is 0.533. The molecule has 0 aromatic carbocycles. The predicted octanol–water partition coefficient (Wildman–Crippen LogP) is 2.44. The van der Waals surface area contributed by atoms with Crippen LogP contribution in [0.25, 0.3) is 0 Å². The first-order valence-corrected chi connectivity index (χ1v) is 9.98. The molecule has 1 aliphatic rings. The summed E-state index contributed by atoms with van der Waals surface area (Å²) in [6, 6.07) is 0. The van der Waals surface area contributed by atoms with Crippen LogP contribution in [0.5, 0.6) is 0 Å². The number of fused-ring (bicyclic) bond motifs is 1. The van der Waals surface area contributed by atoms with Gasteiger partial charge in [-0.05, 0) is 34.6 Å². The summed E-state index contributed by atoms with van der Waals surface area (Å²) in [5.41, 5.74) is 1.15. The maximum absolute atomic E-state index is 12.7. The molecule has 0 fully saturated rings. The van der Waals surface area contributed by atoms with Gasteiger partial charge in [0.2, 0.25) is 0 Å². The summed E-state index contributed by atoms with van der Waals surface area (Å²) in [4.78, 5) is 17.8. The normalized spacial score (nSPS) is 14.7. The minimum absolute atomic E-state index is 0.190. The zero-order valence-corrected chi connectivity index (χ0v) is 16.4. The van der Waals surface area contributed by atoms with Crippen LogP contribution in [0.2, 0.25) is 0 Å². The topological polar surface area (TPSA) is 94.4 Å². The van der Waals surface area contributed by atoms with Gasteiger partial charge < -0.3 is 4.74 Å². The molecule has 0 spiro atoms. The Bertz CT molecular complexity index is 914. The van der Waals surface area contributed by atoms with Gasteiger partial charge in [0, 0.05) is 11.8 Å². The second kappa shape index (κ2) is 5.80. The number of aryl methyl sites for hydroxylation is 2. The Morgan fingerprint density at radius 1 is 1.28 bits per heavy atom. The third-order valence-corrected chi connectivity index (χ3v) is 6.74. The maximum Gasteiger partial charge on any atom is 0.410 e. The van der Waals surface area contributed by atoms with Crippen molar-refractivity contribution in [2.24, 2.45) is 0 Å². The third-order valence-electron chi connectivity index (χ3n) is 3.55. The SMILES string of the molecule is Cc1nc(C)c(S(=O)(=O)n2cc3c(n2)CN(C(=O)OC(C)(C)C)C3)s1. The molecule has 2 aromatic rings. The monoisotopic (exact) mass is 384 g/mol. The molecule has 0 N–H and O–H groups in total. The van der Waals surface area contributed by atoms with Crippen molar-refractivity contribution < 1.29 is 17.9 Å². The van der Waals surface area contributed by atoms with Crippen molar-refractivity contribution in [1.29, 1.82) is 0 Å². The van der Waals surface area contributed by atoms with E-state index in [0.29, 0.717) is 22.0 Å². The third kappa shape index (κ3) is 3.40. The first-order valence-electron chi connectivity index (χ1n) is 7.72. The molecule has 25 heavy (non-hydrogen) atoms. The molecule has 0 aliphatic carbocycles. The number of hydrogen-bond donors (Lipinski definition) is 0. The highest BCUT2D eigenvalue weighted by atomic mass is 32.2. The second-order valence-corrected chi connectivity index (χ2v) is 10.1. The molecule has 0 unspecified atom stereocenters. The lowest BCUT2D eigenvalue weighted by atomic mass is 10.2. The number of rotatable bonds is 2. The number of carbonyl (C=O) groups is 1. The predicted molar refractivity (Wildman–Crippen MR) is 91.9 cm³/mol. The minimum atomic E-state index is -3.77. The van der Waals surface area contributed by atoms with Crippen LogP contribution in [-0.4, -0.2) is 39.2 Å². The van der Waals surface area contributed by atoms with Gasteiger partial charge in [-0.25, -0.2) is 9.78 Å². The van der Waals surface area contributed by atoms with Crippen molar-refractivity contribution >= 4 is 27.5 Å². The highest BCUT2D eigenvalue weighted by Gasteiger charge is 2.32. The van der Waals surface area contributed by atoms with Crippen LogP contribution < -0.4 is 0 Å². The Hall–Kier alpha value is -1.94. The summed E-state index contributed by atoms with van der Waals surface area (Å²) < 4.78 is 32.0. The molecule has 0 atom stereocenters. The summed E-state index contributed by atoms with van der Waals surface area (Å²) in [5, 5.41) is 4.86. The van der Waals surface area contributed by atoms with Crippen molar-refractivity contribution in [3.63, 3.8) is 0 Å². The van der Waals surface area contributed by atoms with Crippen LogP contribution in [0.1, 0.15) is 42.7 Å². The van der Waals surface area contributed by atoms with E-state index in [4.69, 9.17) is 4.74 Å². The van der Waals surface area contributed by atoms with E-state index in [2.05, 4.69) is 10.1 Å². The maximum atomic E-state index is 12.7. The van der Waals surface area contributed by atoms with Crippen molar-refractivity contribution in [3.05, 3.63) is 28.2 Å². The average Bonchev–Trinajstić information content (AvgIpc) is 3.08. The van der Waals surface area contributed by atoms with Crippen molar-refractivity contribution in [2.75, 3.05) is 0 Å². The van der Waals surface area contributed by atoms with Crippen LogP contribution in [-0.2, 0) is 27.8 Å². The van der Waals surface area contributed by atoms with Gasteiger partial charge >= 0.3 is 6.09 Å². The van der Waals surface area contributed by atoms with E-state index in [1.165, 1.54) is 11.1 Å². The number of aromatic nitrogens is 3. The first-order chi connectivity index (χ1) is 11.5. The van der Waals surface area contributed by atoms with Crippen molar-refractivity contribution in [2.45, 2.75) is 57.5 Å². The van der Waals surface area contributed by atoms with Gasteiger partial charge in [0.25, 0.3) is 10.0 Å². The molecule has 1 aliphatic heterocycles. The number of thiazole rings is 1. The molecule has 0 bridgehead atoms. The van der Waals surface area contributed by atoms with Gasteiger partial charge in [-0.15, -0.1) is 11.3 Å². The molecule has 0 saturated heterocycles. The van der Waals surface area contributed by atoms with Crippen molar-refractivity contribution in [3.8, 4) is 0 Å². The van der Waals surface area contributed by atoms with E-state index in [1.807, 2.05) is 0 Å². The highest BCUT2D eigenvalue weighted by Crippen LogP contribution is 2.28. The largest absolute Gasteiger partial charge is 0.444 e. The smallest absolute Gasteiger partial charge is 0.410 e. The van der Waals surface area contributed by atoms with E-state index < -0.39 is 21.7 Å². The number of nitrogens with zero attached hydrogens (tertiary/aromatic N) is 4. The number of ether oxygens (including phenoxy) is 1. The van der Waals surface area contributed by atoms with Crippen molar-refractivity contribution in [1.82, 2.24) is 19.1 Å². The fourth-order valence-corrected chi connectivity index (χ4v) is 5.26. The van der Waals surface area contributed by atoms with Gasteiger partial charge in [-0.3, -0.25) is 4.90 Å². The van der Waals surface area contributed by atoms with E-state index in [9.17, 15) is 13.2 Å². The average molecular weight is 384 g/mol. The zero-order valence-electron chi connectivity index (χ0n) is 14.7. The fourth-order valence-electron chi connectivity index (χ4n) is 2.54. The Morgan fingerprint density at radius 3 is 2.48 bits per heavy atom. The molecule has 10 heteroatoms. The number of carbonyl (C=O) groups excluding carboxylic acids is 1. The van der Waals surface area contributed by atoms with Crippen LogP contribution in [0.15, 0.2) is 10.4 Å². The highest BCUT2D eigenvalue weighted by molar-refractivity contribution is 7.92. The molecule has 136 valence electrons. The van der Waals surface area contributed by atoms with Gasteiger partial charge in [-0.1, -0.05) is 0 Å². The Kier molecular flexibility index (Phi) is 4.15. The lowest BCUT2D eigenvalue weighted by molar-refractivity contribution is 0.0239. The molecule has 2 aromatic heterocycles. The van der Waals surface area contributed by atoms with Crippen LogP contribution >= 0.6 is 11.3 Å². The summed E-state index contributed by atoms with van der Waals surface area (Å²) >= 11 is 1.12. The molecule has 0 radical (unpaired) electrons. The van der Waals surface area contributed by atoms with Crippen LogP contribution in [0.4, 0.5) is 4.79 Å². The molecule has 3 heterocycles. The Morgan fingerprint density at radius 2 is 1.96 bits per heavy atom. The van der Waals surface area contributed by atoms with E-state index in [0.717, 1.165) is 15.4 Å². The first kappa shape index (κ1) is 17.9. The minimum Gasteiger partial charge on any atom is -0.444 e. The summed E-state index contributed by atoms with van der Waals surface area (Å²) in [7, 11) is -3.77. The second-order valence-electron chi connectivity index (χ2n) is 6.92. The van der Waals surface area contributed by atoms with Gasteiger partial charge in [0.15, 0.2) is 4.21 Å². The van der Waals surface area contributed by atoms with Crippen LogP contribution in [0, 0.1) is 13.8 Å². The van der Waals surface area contributed by atoms with E-state index in [1.54, 1.807) is 34.6 Å². The number of hydrogen-bond acceptors (Lipinski definition) is 7. The molecular weight excluding hydrogens is 364 g/mol. The van der Waals surface area contributed by atoms with Crippen LogP contribution in [0.3, 0.4) is 0 Å². The van der Waals surface area contributed by atoms with Gasteiger partial charge in [0.05, 0.1) is 29.5 Å². The molecule has 1 amide bonds. The van der Waals surface area contributed by atoms with E-state index in [-0.39, 0.29) is 17.3 Å². The lowest BCUT2D eigenvalue weighted by Gasteiger charge is -2.24. The van der Waals surface area contributed by atoms with Gasteiger partial charge in [0.1, 0.15) is 5.60 Å². The Labute approximate surface area is 150 Å². The molecule has 0 saturated carbocycles. The molecular formula is C15H20N4O4S2. The Balaban J connectivity index is 1.82.